The number of hydrogen-bond acceptors (Lipinski definition) is 4. The summed E-state index contributed by atoms with van der Waals surface area (Å²) in [5, 5.41) is 1.45. The lowest BCUT2D eigenvalue weighted by molar-refractivity contribution is 0.0396. The standard InChI is InChI=1S/C20H20BrN3O2/c1-23-10-5-6-11(23)8-12(7-10)24-19(25)14-4-2-3-13-17(14)15(20(24)26)9-16(21)18(13)22/h2-4,9-12H,5-8,22H2,1H3. The molecule has 3 aliphatic heterocycles. The molecule has 2 amide bonds. The van der Waals surface area contributed by atoms with E-state index >= 15 is 0 Å². The molecular formula is C20H20BrN3O2. The van der Waals surface area contributed by atoms with Crippen molar-refractivity contribution in [2.75, 3.05) is 12.8 Å². The first-order valence-corrected chi connectivity index (χ1v) is 9.87. The average molecular weight is 414 g/mol. The summed E-state index contributed by atoms with van der Waals surface area (Å²) < 4.78 is 0.697. The van der Waals surface area contributed by atoms with Gasteiger partial charge in [0.05, 0.1) is 5.69 Å². The Kier molecular flexibility index (Phi) is 3.46. The predicted molar refractivity (Wildman–Crippen MR) is 104 cm³/mol. The fourth-order valence-corrected chi connectivity index (χ4v) is 5.54. The highest BCUT2D eigenvalue weighted by Gasteiger charge is 2.45. The van der Waals surface area contributed by atoms with Crippen LogP contribution in [0, 0.1) is 0 Å². The monoisotopic (exact) mass is 413 g/mol. The molecule has 2 aromatic carbocycles. The Hall–Kier alpha value is -1.92. The number of nitrogens with two attached hydrogens (primary N) is 1. The minimum absolute atomic E-state index is 0.0246. The third kappa shape index (κ3) is 2.06. The van der Waals surface area contributed by atoms with Crippen LogP contribution < -0.4 is 5.73 Å². The molecular weight excluding hydrogens is 394 g/mol. The van der Waals surface area contributed by atoms with Gasteiger partial charge in [-0.05, 0) is 60.8 Å². The van der Waals surface area contributed by atoms with E-state index in [4.69, 9.17) is 5.73 Å². The number of hydrogen-bond donors (Lipinski definition) is 1. The van der Waals surface area contributed by atoms with Crippen molar-refractivity contribution >= 4 is 44.2 Å². The summed E-state index contributed by atoms with van der Waals surface area (Å²) in [4.78, 5) is 30.5. The van der Waals surface area contributed by atoms with Gasteiger partial charge in [0.25, 0.3) is 11.8 Å². The van der Waals surface area contributed by atoms with Gasteiger partial charge in [0.2, 0.25) is 0 Å². The molecule has 2 aromatic rings. The third-order valence-electron chi connectivity index (χ3n) is 6.49. The largest absolute Gasteiger partial charge is 0.397 e. The fraction of sp³-hybridized carbons (Fsp3) is 0.400. The maximum Gasteiger partial charge on any atom is 0.261 e. The van der Waals surface area contributed by atoms with E-state index in [1.54, 1.807) is 6.07 Å². The van der Waals surface area contributed by atoms with E-state index in [2.05, 4.69) is 27.9 Å². The highest BCUT2D eigenvalue weighted by atomic mass is 79.9. The number of nitrogen functional groups attached to an aromatic ring is 1. The number of fused-ring (bicyclic) bond motifs is 2. The average Bonchev–Trinajstić information content (AvgIpc) is 2.83. The van der Waals surface area contributed by atoms with Crippen molar-refractivity contribution in [3.05, 3.63) is 39.9 Å². The second-order valence-corrected chi connectivity index (χ2v) is 8.56. The van der Waals surface area contributed by atoms with Crippen molar-refractivity contribution in [2.24, 2.45) is 0 Å². The molecule has 5 nitrogen and oxygen atoms in total. The van der Waals surface area contributed by atoms with Crippen LogP contribution in [0.15, 0.2) is 28.7 Å². The van der Waals surface area contributed by atoms with Crippen LogP contribution >= 0.6 is 15.9 Å². The normalized spacial score (nSPS) is 28.2. The van der Waals surface area contributed by atoms with Crippen LogP contribution in [0.2, 0.25) is 0 Å². The van der Waals surface area contributed by atoms with Gasteiger partial charge < -0.3 is 10.6 Å². The van der Waals surface area contributed by atoms with Gasteiger partial charge in [0, 0.05) is 44.5 Å². The summed E-state index contributed by atoms with van der Waals surface area (Å²) in [5.41, 5.74) is 7.90. The number of rotatable bonds is 1. The summed E-state index contributed by atoms with van der Waals surface area (Å²) in [7, 11) is 2.16. The van der Waals surface area contributed by atoms with Crippen molar-refractivity contribution in [2.45, 2.75) is 43.8 Å². The van der Waals surface area contributed by atoms with Crippen LogP contribution in [0.1, 0.15) is 46.4 Å². The molecule has 0 saturated carbocycles. The molecule has 2 N–H and O–H groups in total. The van der Waals surface area contributed by atoms with Crippen LogP contribution in [0.3, 0.4) is 0 Å². The smallest absolute Gasteiger partial charge is 0.261 e. The van der Waals surface area contributed by atoms with E-state index in [1.165, 1.54) is 4.90 Å². The van der Waals surface area contributed by atoms with Crippen LogP contribution in [-0.2, 0) is 0 Å². The summed E-state index contributed by atoms with van der Waals surface area (Å²) >= 11 is 3.46. The molecule has 2 atom stereocenters. The first-order valence-electron chi connectivity index (χ1n) is 9.08. The minimum Gasteiger partial charge on any atom is -0.397 e. The Balaban J connectivity index is 1.64. The zero-order valence-corrected chi connectivity index (χ0v) is 16.1. The molecule has 0 aromatic heterocycles. The molecule has 3 heterocycles. The van der Waals surface area contributed by atoms with Gasteiger partial charge in [-0.1, -0.05) is 12.1 Å². The zero-order chi connectivity index (χ0) is 18.2. The second-order valence-electron chi connectivity index (χ2n) is 7.70. The SMILES string of the molecule is CN1C2CCC1CC(N1C(=O)c3cccc4c(N)c(Br)cc(c34)C1=O)C2. The predicted octanol–water partition coefficient (Wildman–Crippen LogP) is 3.41. The number of benzene rings is 2. The number of amides is 2. The number of halogens is 1. The third-order valence-corrected chi connectivity index (χ3v) is 7.15. The number of carbonyl (C=O) groups is 2. The first kappa shape index (κ1) is 16.3. The Morgan fingerprint density at radius 2 is 1.69 bits per heavy atom. The van der Waals surface area contributed by atoms with Crippen LogP contribution in [0.25, 0.3) is 10.8 Å². The van der Waals surface area contributed by atoms with Crippen LogP contribution in [-0.4, -0.2) is 46.8 Å². The molecule has 2 saturated heterocycles. The molecule has 134 valence electrons. The van der Waals surface area contributed by atoms with Gasteiger partial charge in [-0.25, -0.2) is 0 Å². The first-order chi connectivity index (χ1) is 12.5. The maximum atomic E-state index is 13.3. The molecule has 0 spiro atoms. The Bertz CT molecular complexity index is 959. The highest BCUT2D eigenvalue weighted by molar-refractivity contribution is 9.10. The van der Waals surface area contributed by atoms with Crippen molar-refractivity contribution in [3.63, 3.8) is 0 Å². The van der Waals surface area contributed by atoms with Gasteiger partial charge in [-0.3, -0.25) is 14.5 Å². The van der Waals surface area contributed by atoms with E-state index in [0.717, 1.165) is 31.1 Å². The summed E-state index contributed by atoms with van der Waals surface area (Å²) in [5.74, 6) is -0.364. The summed E-state index contributed by atoms with van der Waals surface area (Å²) in [6.45, 7) is 0. The van der Waals surface area contributed by atoms with Crippen molar-refractivity contribution in [1.82, 2.24) is 9.80 Å². The number of carbonyl (C=O) groups excluding carboxylic acids is 2. The molecule has 0 radical (unpaired) electrons. The molecule has 5 rings (SSSR count). The number of piperidine rings is 1. The molecule has 2 bridgehead atoms. The van der Waals surface area contributed by atoms with Crippen molar-refractivity contribution in [3.8, 4) is 0 Å². The van der Waals surface area contributed by atoms with E-state index in [9.17, 15) is 9.59 Å². The summed E-state index contributed by atoms with van der Waals surface area (Å²) in [6.07, 6.45) is 4.04. The Morgan fingerprint density at radius 3 is 2.38 bits per heavy atom. The van der Waals surface area contributed by atoms with Crippen LogP contribution in [0.5, 0.6) is 0 Å². The highest BCUT2D eigenvalue weighted by Crippen LogP contribution is 2.41. The lowest BCUT2D eigenvalue weighted by atomic mass is 9.89. The molecule has 2 fully saturated rings. The van der Waals surface area contributed by atoms with Gasteiger partial charge in [-0.2, -0.15) is 0 Å². The molecule has 26 heavy (non-hydrogen) atoms. The zero-order valence-electron chi connectivity index (χ0n) is 14.5. The summed E-state index contributed by atoms with van der Waals surface area (Å²) in [6, 6.07) is 8.20. The van der Waals surface area contributed by atoms with Gasteiger partial charge in [0.1, 0.15) is 0 Å². The number of imide groups is 1. The second kappa shape index (κ2) is 5.54. The van der Waals surface area contributed by atoms with E-state index in [0.29, 0.717) is 38.8 Å². The molecule has 6 heteroatoms. The van der Waals surface area contributed by atoms with Gasteiger partial charge >= 0.3 is 0 Å². The molecule has 2 unspecified atom stereocenters. The number of anilines is 1. The van der Waals surface area contributed by atoms with Crippen molar-refractivity contribution < 1.29 is 9.59 Å². The fourth-order valence-electron chi connectivity index (χ4n) is 5.10. The van der Waals surface area contributed by atoms with E-state index < -0.39 is 0 Å². The maximum absolute atomic E-state index is 13.3. The number of nitrogens with zero attached hydrogens (tertiary/aromatic N) is 2. The minimum atomic E-state index is -0.187. The Labute approximate surface area is 160 Å². The Morgan fingerprint density at radius 1 is 1.04 bits per heavy atom. The quantitative estimate of drug-likeness (QED) is 0.574. The lowest BCUT2D eigenvalue weighted by Gasteiger charge is -2.42. The topological polar surface area (TPSA) is 66.6 Å². The van der Waals surface area contributed by atoms with Gasteiger partial charge in [0.15, 0.2) is 0 Å². The lowest BCUT2D eigenvalue weighted by Crippen LogP contribution is -2.54. The van der Waals surface area contributed by atoms with E-state index in [-0.39, 0.29) is 17.9 Å². The van der Waals surface area contributed by atoms with Crippen molar-refractivity contribution in [1.29, 1.82) is 0 Å². The van der Waals surface area contributed by atoms with E-state index in [1.807, 2.05) is 18.2 Å². The molecule has 0 aliphatic carbocycles. The van der Waals surface area contributed by atoms with Gasteiger partial charge in [-0.15, -0.1) is 0 Å². The molecule has 3 aliphatic rings. The van der Waals surface area contributed by atoms with Crippen LogP contribution in [0.4, 0.5) is 5.69 Å².